The third kappa shape index (κ3) is 3.40. The summed E-state index contributed by atoms with van der Waals surface area (Å²) in [6.07, 6.45) is 0. The Bertz CT molecular complexity index is 1110. The number of amides is 1. The van der Waals surface area contributed by atoms with Gasteiger partial charge < -0.3 is 4.90 Å². The van der Waals surface area contributed by atoms with Crippen LogP contribution in [0.2, 0.25) is 0 Å². The predicted octanol–water partition coefficient (Wildman–Crippen LogP) is 5.31. The molecule has 2 heterocycles. The third-order valence-corrected chi connectivity index (χ3v) is 6.63. The van der Waals surface area contributed by atoms with Crippen molar-refractivity contribution < 1.29 is 4.79 Å². The fraction of sp³-hybridized carbons (Fsp3) is 0.250. The van der Waals surface area contributed by atoms with Crippen molar-refractivity contribution in [1.29, 1.82) is 0 Å². The molecular formula is C20H20N4OS2. The van der Waals surface area contributed by atoms with Crippen LogP contribution in [0.25, 0.3) is 20.4 Å². The molecule has 0 saturated carbocycles. The summed E-state index contributed by atoms with van der Waals surface area (Å²) < 4.78 is 2.21. The number of nitrogens with zero attached hydrogens (tertiary/aromatic N) is 3. The number of nitrogens with one attached hydrogen (secondary N) is 1. The molecule has 1 amide bonds. The summed E-state index contributed by atoms with van der Waals surface area (Å²) in [5.74, 6) is -0.142. The van der Waals surface area contributed by atoms with Gasteiger partial charge in [-0.25, -0.2) is 9.97 Å². The summed E-state index contributed by atoms with van der Waals surface area (Å²) >= 11 is 3.16. The SMILES string of the molecule is CCN(CC)c1ccc(C(=O)Nc2nc3ccc4nc(C)sc4c3s2)cc1. The predicted molar refractivity (Wildman–Crippen MR) is 115 cm³/mol. The summed E-state index contributed by atoms with van der Waals surface area (Å²) in [5, 5.41) is 4.58. The zero-order valence-electron chi connectivity index (χ0n) is 15.4. The number of thiazole rings is 2. The van der Waals surface area contributed by atoms with Gasteiger partial charge in [0.25, 0.3) is 5.91 Å². The van der Waals surface area contributed by atoms with Gasteiger partial charge in [-0.15, -0.1) is 11.3 Å². The number of rotatable bonds is 5. The quantitative estimate of drug-likeness (QED) is 0.496. The molecule has 5 nitrogen and oxygen atoms in total. The molecule has 4 aromatic rings. The zero-order valence-corrected chi connectivity index (χ0v) is 17.1. The van der Waals surface area contributed by atoms with Crippen LogP contribution < -0.4 is 10.2 Å². The minimum absolute atomic E-state index is 0.142. The van der Waals surface area contributed by atoms with Gasteiger partial charge in [0.05, 0.1) is 25.4 Å². The molecule has 0 fully saturated rings. The van der Waals surface area contributed by atoms with Crippen molar-refractivity contribution in [3.05, 3.63) is 47.0 Å². The first-order valence-corrected chi connectivity index (χ1v) is 10.6. The van der Waals surface area contributed by atoms with Gasteiger partial charge in [0.1, 0.15) is 0 Å². The first-order valence-electron chi connectivity index (χ1n) is 8.92. The maximum atomic E-state index is 12.6. The lowest BCUT2D eigenvalue weighted by molar-refractivity contribution is 0.102. The minimum atomic E-state index is -0.142. The molecule has 4 rings (SSSR count). The van der Waals surface area contributed by atoms with Crippen molar-refractivity contribution in [2.24, 2.45) is 0 Å². The molecule has 2 aromatic heterocycles. The van der Waals surface area contributed by atoms with Crippen molar-refractivity contribution in [3.63, 3.8) is 0 Å². The first-order chi connectivity index (χ1) is 13.1. The lowest BCUT2D eigenvalue weighted by Crippen LogP contribution is -2.21. The minimum Gasteiger partial charge on any atom is -0.372 e. The molecule has 0 aliphatic heterocycles. The number of carbonyl (C=O) groups is 1. The van der Waals surface area contributed by atoms with E-state index in [9.17, 15) is 4.79 Å². The van der Waals surface area contributed by atoms with E-state index in [1.54, 1.807) is 11.3 Å². The fourth-order valence-corrected chi connectivity index (χ4v) is 5.12. The van der Waals surface area contributed by atoms with Crippen molar-refractivity contribution in [1.82, 2.24) is 9.97 Å². The third-order valence-electron chi connectivity index (χ3n) is 4.50. The summed E-state index contributed by atoms with van der Waals surface area (Å²) in [6, 6.07) is 11.6. The molecular weight excluding hydrogens is 376 g/mol. The largest absolute Gasteiger partial charge is 0.372 e. The monoisotopic (exact) mass is 396 g/mol. The van der Waals surface area contributed by atoms with Crippen LogP contribution in [0.5, 0.6) is 0 Å². The van der Waals surface area contributed by atoms with E-state index in [0.29, 0.717) is 10.7 Å². The highest BCUT2D eigenvalue weighted by Gasteiger charge is 2.14. The Balaban J connectivity index is 1.58. The van der Waals surface area contributed by atoms with Crippen LogP contribution in [0.15, 0.2) is 36.4 Å². The van der Waals surface area contributed by atoms with Gasteiger partial charge in [0, 0.05) is 24.3 Å². The molecule has 0 aliphatic carbocycles. The second-order valence-corrected chi connectivity index (χ2v) is 8.39. The molecule has 2 aromatic carbocycles. The number of carbonyl (C=O) groups excluding carboxylic acids is 1. The van der Waals surface area contributed by atoms with Crippen LogP contribution in [0.1, 0.15) is 29.2 Å². The van der Waals surface area contributed by atoms with E-state index in [0.717, 1.165) is 44.2 Å². The highest BCUT2D eigenvalue weighted by atomic mass is 32.1. The van der Waals surface area contributed by atoms with E-state index in [1.807, 2.05) is 43.3 Å². The molecule has 0 atom stereocenters. The molecule has 0 bridgehead atoms. The van der Waals surface area contributed by atoms with Crippen LogP contribution in [-0.4, -0.2) is 29.0 Å². The van der Waals surface area contributed by atoms with Gasteiger partial charge >= 0.3 is 0 Å². The standard InChI is InChI=1S/C20H20N4OS2/c1-4-24(5-2)14-8-6-13(7-9-14)19(25)23-20-22-16-11-10-15-17(18(16)27-20)26-12(3)21-15/h6-11H,4-5H2,1-3H3,(H,22,23,25). The highest BCUT2D eigenvalue weighted by molar-refractivity contribution is 7.28. The van der Waals surface area contributed by atoms with Crippen LogP contribution >= 0.6 is 22.7 Å². The number of hydrogen-bond donors (Lipinski definition) is 1. The van der Waals surface area contributed by atoms with Crippen molar-refractivity contribution in [3.8, 4) is 0 Å². The van der Waals surface area contributed by atoms with Crippen molar-refractivity contribution in [2.75, 3.05) is 23.3 Å². The summed E-state index contributed by atoms with van der Waals surface area (Å²) in [7, 11) is 0. The molecule has 0 aliphatic rings. The Morgan fingerprint density at radius 1 is 0.963 bits per heavy atom. The molecule has 27 heavy (non-hydrogen) atoms. The van der Waals surface area contributed by atoms with Crippen LogP contribution in [0, 0.1) is 6.92 Å². The smallest absolute Gasteiger partial charge is 0.257 e. The van der Waals surface area contributed by atoms with Gasteiger partial charge in [-0.3, -0.25) is 10.1 Å². The van der Waals surface area contributed by atoms with E-state index in [1.165, 1.54) is 11.3 Å². The van der Waals surface area contributed by atoms with E-state index in [4.69, 9.17) is 0 Å². The maximum Gasteiger partial charge on any atom is 0.257 e. The van der Waals surface area contributed by atoms with Gasteiger partial charge in [0.15, 0.2) is 5.13 Å². The van der Waals surface area contributed by atoms with E-state index in [-0.39, 0.29) is 5.91 Å². The van der Waals surface area contributed by atoms with E-state index in [2.05, 4.69) is 34.0 Å². The Morgan fingerprint density at radius 3 is 2.26 bits per heavy atom. The van der Waals surface area contributed by atoms with Gasteiger partial charge in [-0.1, -0.05) is 11.3 Å². The second kappa shape index (κ2) is 7.25. The number of hydrogen-bond acceptors (Lipinski definition) is 6. The fourth-order valence-electron chi connectivity index (χ4n) is 3.12. The number of aryl methyl sites for hydroxylation is 1. The molecule has 0 spiro atoms. The lowest BCUT2D eigenvalue weighted by Gasteiger charge is -2.20. The van der Waals surface area contributed by atoms with Gasteiger partial charge in [-0.05, 0) is 57.2 Å². The van der Waals surface area contributed by atoms with Gasteiger partial charge in [0.2, 0.25) is 0 Å². The number of aromatic nitrogens is 2. The van der Waals surface area contributed by atoms with Crippen molar-refractivity contribution in [2.45, 2.75) is 20.8 Å². The molecule has 138 valence electrons. The second-order valence-electron chi connectivity index (χ2n) is 6.19. The Kier molecular flexibility index (Phi) is 4.80. The molecule has 0 unspecified atom stereocenters. The molecule has 0 saturated heterocycles. The topological polar surface area (TPSA) is 58.1 Å². The van der Waals surface area contributed by atoms with Crippen LogP contribution in [0.4, 0.5) is 10.8 Å². The summed E-state index contributed by atoms with van der Waals surface area (Å²) in [6.45, 7) is 8.14. The maximum absolute atomic E-state index is 12.6. The molecule has 1 N–H and O–H groups in total. The number of benzene rings is 2. The average Bonchev–Trinajstić information content (AvgIpc) is 3.25. The lowest BCUT2D eigenvalue weighted by atomic mass is 10.2. The van der Waals surface area contributed by atoms with Gasteiger partial charge in [-0.2, -0.15) is 0 Å². The average molecular weight is 397 g/mol. The van der Waals surface area contributed by atoms with Crippen LogP contribution in [-0.2, 0) is 0 Å². The van der Waals surface area contributed by atoms with E-state index < -0.39 is 0 Å². The first kappa shape index (κ1) is 17.9. The highest BCUT2D eigenvalue weighted by Crippen LogP contribution is 2.35. The number of anilines is 2. The van der Waals surface area contributed by atoms with E-state index >= 15 is 0 Å². The summed E-state index contributed by atoms with van der Waals surface area (Å²) in [4.78, 5) is 23.9. The normalized spacial score (nSPS) is 11.2. The molecule has 0 radical (unpaired) electrons. The Labute approximate surface area is 165 Å². The van der Waals surface area contributed by atoms with Crippen molar-refractivity contribution >= 4 is 59.8 Å². The number of fused-ring (bicyclic) bond motifs is 3. The Morgan fingerprint density at radius 2 is 1.59 bits per heavy atom. The molecule has 7 heteroatoms. The zero-order chi connectivity index (χ0) is 19.0. The Hall–Kier alpha value is -2.51. The summed E-state index contributed by atoms with van der Waals surface area (Å²) in [5.41, 5.74) is 3.63. The van der Waals surface area contributed by atoms with Crippen LogP contribution in [0.3, 0.4) is 0 Å².